The molecular weight excluding hydrogens is 406 g/mol. The number of hydrogen-bond donors (Lipinski definition) is 1. The first kappa shape index (κ1) is 20.3. The lowest BCUT2D eigenvalue weighted by molar-refractivity contribution is 0.183. The summed E-state index contributed by atoms with van der Waals surface area (Å²) in [6.07, 6.45) is 1.92. The van der Waals surface area contributed by atoms with Crippen molar-refractivity contribution in [1.82, 2.24) is 24.6 Å². The van der Waals surface area contributed by atoms with E-state index < -0.39 is 0 Å². The van der Waals surface area contributed by atoms with Crippen LogP contribution in [0.2, 0.25) is 0 Å². The maximum atomic E-state index is 9.85. The number of likely N-dealkylation sites (N-methyl/N-ethyl adjacent to an activating group) is 1. The van der Waals surface area contributed by atoms with Crippen molar-refractivity contribution in [3.05, 3.63) is 46.9 Å². The van der Waals surface area contributed by atoms with E-state index in [1.807, 2.05) is 33.0 Å². The minimum atomic E-state index is -0.365. The van der Waals surface area contributed by atoms with Crippen LogP contribution in [0.1, 0.15) is 48.0 Å². The van der Waals surface area contributed by atoms with Crippen LogP contribution in [0.15, 0.2) is 24.4 Å². The van der Waals surface area contributed by atoms with E-state index in [2.05, 4.69) is 27.0 Å². The van der Waals surface area contributed by atoms with Crippen LogP contribution in [-0.4, -0.2) is 44.3 Å². The second-order valence-corrected chi connectivity index (χ2v) is 8.52. The Bertz CT molecular complexity index is 1250. The summed E-state index contributed by atoms with van der Waals surface area (Å²) in [7, 11) is 3.81. The largest absolute Gasteiger partial charge is 0.489 e. The van der Waals surface area contributed by atoms with E-state index in [0.29, 0.717) is 17.0 Å². The molecule has 164 valence electrons. The van der Waals surface area contributed by atoms with E-state index in [-0.39, 0.29) is 29.9 Å². The molecule has 9 heteroatoms. The van der Waals surface area contributed by atoms with E-state index in [0.717, 1.165) is 35.5 Å². The molecule has 1 aromatic carbocycles. The molecule has 1 saturated heterocycles. The van der Waals surface area contributed by atoms with Gasteiger partial charge in [-0.1, -0.05) is 11.6 Å². The number of ether oxygens (including phenoxy) is 2. The molecular formula is C23H25N7O2. The van der Waals surface area contributed by atoms with E-state index in [1.165, 1.54) is 0 Å². The second kappa shape index (κ2) is 7.50. The number of nitriles is 1. The standard InChI is InChI=1S/C23H25N7O2/c1-12-5-6-19-15(7-12)13(2)31-23-22(25)26-10-16(27-23)20-18(9-24)30(4)28-21(20)17-8-14(32-19)11-29(17)3/h5-7,10,13-14,17H,8,11H2,1-4H3,(H2,25,26)/t13-,14?,17?/m1/s1. The Balaban J connectivity index is 1.74. The summed E-state index contributed by atoms with van der Waals surface area (Å²) in [5.74, 6) is 1.19. The molecule has 4 heterocycles. The zero-order valence-electron chi connectivity index (χ0n) is 18.5. The monoisotopic (exact) mass is 431 g/mol. The third kappa shape index (κ3) is 3.24. The van der Waals surface area contributed by atoms with Crippen molar-refractivity contribution < 1.29 is 9.47 Å². The molecule has 2 aromatic heterocycles. The summed E-state index contributed by atoms with van der Waals surface area (Å²) in [6, 6.07) is 8.32. The number of benzene rings is 1. The Morgan fingerprint density at radius 1 is 1.25 bits per heavy atom. The van der Waals surface area contributed by atoms with Gasteiger partial charge in [-0.25, -0.2) is 9.97 Å². The number of fused-ring (bicyclic) bond motifs is 8. The molecule has 2 unspecified atom stereocenters. The van der Waals surface area contributed by atoms with Gasteiger partial charge in [0.25, 0.3) is 5.88 Å². The number of hydrogen-bond acceptors (Lipinski definition) is 8. The van der Waals surface area contributed by atoms with Gasteiger partial charge in [0, 0.05) is 25.6 Å². The highest BCUT2D eigenvalue weighted by atomic mass is 16.5. The predicted octanol–water partition coefficient (Wildman–Crippen LogP) is 2.92. The Morgan fingerprint density at radius 3 is 2.84 bits per heavy atom. The zero-order valence-corrected chi connectivity index (χ0v) is 18.5. The maximum absolute atomic E-state index is 9.85. The van der Waals surface area contributed by atoms with Crippen molar-refractivity contribution in [2.45, 2.75) is 38.5 Å². The van der Waals surface area contributed by atoms with Gasteiger partial charge < -0.3 is 15.2 Å². The van der Waals surface area contributed by atoms with Crippen molar-refractivity contribution in [2.24, 2.45) is 7.05 Å². The first-order valence-corrected chi connectivity index (χ1v) is 10.6. The average Bonchev–Trinajstić information content (AvgIpc) is 3.28. The van der Waals surface area contributed by atoms with Gasteiger partial charge in [-0.2, -0.15) is 10.4 Å². The summed E-state index contributed by atoms with van der Waals surface area (Å²) in [5.41, 5.74) is 10.5. The number of rotatable bonds is 0. The molecule has 3 aromatic rings. The van der Waals surface area contributed by atoms with Crippen LogP contribution >= 0.6 is 0 Å². The number of aryl methyl sites for hydroxylation is 2. The zero-order chi connectivity index (χ0) is 22.6. The SMILES string of the molecule is Cc1ccc2c(c1)[C@@H](C)Oc1nc(cnc1N)-c1c(nn(C)c1C#N)C1CC(CN1C)O2. The molecule has 9 nitrogen and oxygen atoms in total. The lowest BCUT2D eigenvalue weighted by Gasteiger charge is -2.22. The first-order valence-electron chi connectivity index (χ1n) is 10.6. The molecule has 0 radical (unpaired) electrons. The summed E-state index contributed by atoms with van der Waals surface area (Å²) in [4.78, 5) is 11.2. The summed E-state index contributed by atoms with van der Waals surface area (Å²) in [6.45, 7) is 4.71. The number of aromatic nitrogens is 4. The number of likely N-dealkylation sites (tertiary alicyclic amines) is 1. The van der Waals surface area contributed by atoms with Gasteiger partial charge in [0.15, 0.2) is 5.82 Å². The number of nitrogen functional groups attached to an aromatic ring is 1. The lowest BCUT2D eigenvalue weighted by Crippen LogP contribution is -2.23. The summed E-state index contributed by atoms with van der Waals surface area (Å²) in [5, 5.41) is 14.6. The van der Waals surface area contributed by atoms with Gasteiger partial charge in [0.05, 0.1) is 29.2 Å². The van der Waals surface area contributed by atoms with E-state index in [1.54, 1.807) is 17.9 Å². The van der Waals surface area contributed by atoms with Crippen molar-refractivity contribution in [1.29, 1.82) is 5.26 Å². The molecule has 0 aliphatic carbocycles. The predicted molar refractivity (Wildman–Crippen MR) is 118 cm³/mol. The molecule has 0 saturated carbocycles. The van der Waals surface area contributed by atoms with Crippen molar-refractivity contribution >= 4 is 5.82 Å². The van der Waals surface area contributed by atoms with E-state index in [9.17, 15) is 5.26 Å². The fraction of sp³-hybridized carbons (Fsp3) is 0.391. The van der Waals surface area contributed by atoms with Crippen LogP contribution in [0.4, 0.5) is 5.82 Å². The Labute approximate surface area is 186 Å². The summed E-state index contributed by atoms with van der Waals surface area (Å²) < 4.78 is 14.2. The van der Waals surface area contributed by atoms with E-state index in [4.69, 9.17) is 20.3 Å². The minimum absolute atomic E-state index is 0.0286. The second-order valence-electron chi connectivity index (χ2n) is 8.52. The van der Waals surface area contributed by atoms with Gasteiger partial charge in [-0.05, 0) is 33.0 Å². The Morgan fingerprint density at radius 2 is 2.06 bits per heavy atom. The fourth-order valence-electron chi connectivity index (χ4n) is 4.61. The lowest BCUT2D eigenvalue weighted by atomic mass is 10.0. The van der Waals surface area contributed by atoms with Crippen LogP contribution in [-0.2, 0) is 7.05 Å². The number of nitrogens with two attached hydrogens (primary N) is 1. The van der Waals surface area contributed by atoms with Crippen LogP contribution in [0.25, 0.3) is 11.3 Å². The van der Waals surface area contributed by atoms with Gasteiger partial charge >= 0.3 is 0 Å². The fourth-order valence-corrected chi connectivity index (χ4v) is 4.61. The molecule has 3 atom stereocenters. The number of anilines is 1. The van der Waals surface area contributed by atoms with Crippen molar-refractivity contribution in [2.75, 3.05) is 19.3 Å². The normalized spacial score (nSPS) is 22.3. The molecule has 32 heavy (non-hydrogen) atoms. The number of nitrogens with zero attached hydrogens (tertiary/aromatic N) is 6. The molecule has 0 amide bonds. The third-order valence-corrected chi connectivity index (χ3v) is 6.21. The van der Waals surface area contributed by atoms with E-state index >= 15 is 0 Å². The molecule has 1 fully saturated rings. The topological polar surface area (TPSA) is 115 Å². The first-order chi connectivity index (χ1) is 15.4. The van der Waals surface area contributed by atoms with Crippen LogP contribution < -0.4 is 15.2 Å². The molecule has 2 aliphatic rings. The van der Waals surface area contributed by atoms with Gasteiger partial charge in [0.2, 0.25) is 0 Å². The van der Waals surface area contributed by atoms with Crippen molar-refractivity contribution in [3.8, 4) is 29.0 Å². The Hall–Kier alpha value is -3.64. The highest BCUT2D eigenvalue weighted by Gasteiger charge is 2.38. The molecule has 5 rings (SSSR count). The minimum Gasteiger partial charge on any atom is -0.489 e. The Kier molecular flexibility index (Phi) is 4.75. The molecule has 2 aliphatic heterocycles. The van der Waals surface area contributed by atoms with Crippen LogP contribution in [0.3, 0.4) is 0 Å². The average molecular weight is 432 g/mol. The van der Waals surface area contributed by atoms with Crippen LogP contribution in [0.5, 0.6) is 11.6 Å². The molecule has 2 N–H and O–H groups in total. The van der Waals surface area contributed by atoms with Crippen LogP contribution in [0, 0.1) is 18.3 Å². The summed E-state index contributed by atoms with van der Waals surface area (Å²) >= 11 is 0. The molecule has 0 spiro atoms. The van der Waals surface area contributed by atoms with Gasteiger partial charge in [-0.15, -0.1) is 0 Å². The third-order valence-electron chi connectivity index (χ3n) is 6.21. The van der Waals surface area contributed by atoms with Gasteiger partial charge in [0.1, 0.15) is 29.7 Å². The van der Waals surface area contributed by atoms with Crippen molar-refractivity contribution in [3.63, 3.8) is 0 Å². The maximum Gasteiger partial charge on any atom is 0.258 e. The quantitative estimate of drug-likeness (QED) is 0.578. The smallest absolute Gasteiger partial charge is 0.258 e. The highest BCUT2D eigenvalue weighted by Crippen LogP contribution is 2.41. The molecule has 4 bridgehead atoms. The van der Waals surface area contributed by atoms with Gasteiger partial charge in [-0.3, -0.25) is 9.58 Å². The highest BCUT2D eigenvalue weighted by molar-refractivity contribution is 5.70.